The van der Waals surface area contributed by atoms with Crippen molar-refractivity contribution < 1.29 is 4.79 Å². The lowest BCUT2D eigenvalue weighted by Gasteiger charge is -2.25. The van der Waals surface area contributed by atoms with Gasteiger partial charge in [-0.2, -0.15) is 5.10 Å². The molecule has 0 bridgehead atoms. The van der Waals surface area contributed by atoms with Crippen LogP contribution in [0.2, 0.25) is 0 Å². The van der Waals surface area contributed by atoms with Crippen molar-refractivity contribution >= 4 is 5.91 Å². The fraction of sp³-hybridized carbons (Fsp3) is 0.400. The summed E-state index contributed by atoms with van der Waals surface area (Å²) in [7, 11) is 1.81. The van der Waals surface area contributed by atoms with Gasteiger partial charge in [0.05, 0.1) is 6.04 Å². The van der Waals surface area contributed by atoms with Crippen LogP contribution in [0, 0.1) is 0 Å². The minimum absolute atomic E-state index is 0.0237. The lowest BCUT2D eigenvalue weighted by Crippen LogP contribution is -2.32. The summed E-state index contributed by atoms with van der Waals surface area (Å²) in [6, 6.07) is 3.83. The second-order valence-corrected chi connectivity index (χ2v) is 5.33. The predicted octanol–water partition coefficient (Wildman–Crippen LogP) is 1.28. The van der Waals surface area contributed by atoms with Crippen molar-refractivity contribution in [2.45, 2.75) is 25.9 Å². The Bertz CT molecular complexity index is 637. The van der Waals surface area contributed by atoms with Crippen LogP contribution in [0.1, 0.15) is 40.3 Å². The highest BCUT2D eigenvalue weighted by Gasteiger charge is 2.26. The van der Waals surface area contributed by atoms with Gasteiger partial charge in [-0.05, 0) is 24.6 Å². The van der Waals surface area contributed by atoms with E-state index >= 15 is 0 Å². The number of carbonyl (C=O) groups is 1. The first-order valence-electron chi connectivity index (χ1n) is 7.12. The van der Waals surface area contributed by atoms with Gasteiger partial charge in [0.25, 0.3) is 5.91 Å². The van der Waals surface area contributed by atoms with Gasteiger partial charge >= 0.3 is 0 Å². The number of pyridine rings is 1. The average Bonchev–Trinajstić information content (AvgIpc) is 2.97. The van der Waals surface area contributed by atoms with Crippen molar-refractivity contribution in [1.82, 2.24) is 25.4 Å². The third kappa shape index (κ3) is 2.54. The number of nitrogens with zero attached hydrogens (tertiary/aromatic N) is 3. The molecule has 1 aliphatic rings. The van der Waals surface area contributed by atoms with Crippen LogP contribution in [0.3, 0.4) is 0 Å². The molecule has 0 saturated carbocycles. The number of amides is 1. The number of hydrogen-bond donors (Lipinski definition) is 2. The van der Waals surface area contributed by atoms with Crippen LogP contribution in [0.15, 0.2) is 24.5 Å². The Hall–Kier alpha value is -2.21. The second-order valence-electron chi connectivity index (χ2n) is 5.33. The third-order valence-electron chi connectivity index (χ3n) is 4.10. The number of fused-ring (bicyclic) bond motifs is 1. The molecule has 2 aromatic heterocycles. The van der Waals surface area contributed by atoms with Crippen molar-refractivity contribution in [1.29, 1.82) is 0 Å². The van der Waals surface area contributed by atoms with Crippen LogP contribution in [0.5, 0.6) is 0 Å². The number of carbonyl (C=O) groups excluding carboxylic acids is 1. The standard InChI is InChI=1S/C15H19N5O/c1-10(11-3-6-16-7-4-11)20(2)15(21)14-12-9-17-8-5-13(12)18-19-14/h3-4,6-7,10,17H,5,8-9H2,1-2H3,(H,18,19). The summed E-state index contributed by atoms with van der Waals surface area (Å²) in [5, 5.41) is 10.5. The molecule has 6 nitrogen and oxygen atoms in total. The molecular formula is C15H19N5O. The van der Waals surface area contributed by atoms with E-state index < -0.39 is 0 Å². The molecule has 1 amide bonds. The maximum absolute atomic E-state index is 12.7. The number of nitrogens with one attached hydrogen (secondary N) is 2. The maximum atomic E-state index is 12.7. The second kappa shape index (κ2) is 5.65. The molecule has 21 heavy (non-hydrogen) atoms. The highest BCUT2D eigenvalue weighted by molar-refractivity contribution is 5.94. The van der Waals surface area contributed by atoms with Crippen molar-refractivity contribution in [2.24, 2.45) is 0 Å². The van der Waals surface area contributed by atoms with Crippen molar-refractivity contribution in [2.75, 3.05) is 13.6 Å². The lowest BCUT2D eigenvalue weighted by molar-refractivity contribution is 0.0735. The Morgan fingerprint density at radius 2 is 2.14 bits per heavy atom. The van der Waals surface area contributed by atoms with Crippen LogP contribution in [-0.2, 0) is 13.0 Å². The van der Waals surface area contributed by atoms with Gasteiger partial charge in [-0.3, -0.25) is 14.9 Å². The number of H-pyrrole nitrogens is 1. The molecule has 2 aromatic rings. The van der Waals surface area contributed by atoms with Gasteiger partial charge in [-0.1, -0.05) is 0 Å². The molecule has 0 spiro atoms. The largest absolute Gasteiger partial charge is 0.334 e. The van der Waals surface area contributed by atoms with E-state index in [0.29, 0.717) is 12.2 Å². The first-order valence-corrected chi connectivity index (χ1v) is 7.12. The molecule has 1 aliphatic heterocycles. The zero-order valence-electron chi connectivity index (χ0n) is 12.3. The van der Waals surface area contributed by atoms with E-state index in [-0.39, 0.29) is 11.9 Å². The molecular weight excluding hydrogens is 266 g/mol. The van der Waals surface area contributed by atoms with Gasteiger partial charge in [0.2, 0.25) is 0 Å². The van der Waals surface area contributed by atoms with E-state index in [1.807, 2.05) is 26.1 Å². The first-order chi connectivity index (χ1) is 10.2. The monoisotopic (exact) mass is 285 g/mol. The SMILES string of the molecule is CC(c1ccncc1)N(C)C(=O)c1n[nH]c2c1CNCC2. The van der Waals surface area contributed by atoms with Crippen molar-refractivity contribution in [3.8, 4) is 0 Å². The van der Waals surface area contributed by atoms with E-state index in [0.717, 1.165) is 29.8 Å². The normalized spacial score (nSPS) is 15.3. The molecule has 1 unspecified atom stereocenters. The fourth-order valence-electron chi connectivity index (χ4n) is 2.61. The summed E-state index contributed by atoms with van der Waals surface area (Å²) in [6.07, 6.45) is 4.37. The van der Waals surface area contributed by atoms with Gasteiger partial charge in [0.1, 0.15) is 0 Å². The molecule has 2 N–H and O–H groups in total. The predicted molar refractivity (Wildman–Crippen MR) is 78.7 cm³/mol. The molecule has 3 heterocycles. The molecule has 0 radical (unpaired) electrons. The summed E-state index contributed by atoms with van der Waals surface area (Å²) < 4.78 is 0. The Morgan fingerprint density at radius 1 is 1.38 bits per heavy atom. The Balaban J connectivity index is 1.83. The van der Waals surface area contributed by atoms with Crippen LogP contribution >= 0.6 is 0 Å². The number of hydrogen-bond acceptors (Lipinski definition) is 4. The molecule has 110 valence electrons. The van der Waals surface area contributed by atoms with Gasteiger partial charge < -0.3 is 10.2 Å². The Kier molecular flexibility index (Phi) is 3.70. The molecule has 0 fully saturated rings. The fourth-order valence-corrected chi connectivity index (χ4v) is 2.61. The average molecular weight is 285 g/mol. The third-order valence-corrected chi connectivity index (χ3v) is 4.10. The molecule has 6 heteroatoms. The smallest absolute Gasteiger partial charge is 0.274 e. The molecule has 0 saturated heterocycles. The number of rotatable bonds is 3. The molecule has 0 aliphatic carbocycles. The lowest BCUT2D eigenvalue weighted by atomic mass is 10.0. The topological polar surface area (TPSA) is 73.9 Å². The zero-order chi connectivity index (χ0) is 14.8. The molecule has 3 rings (SSSR count). The van der Waals surface area contributed by atoms with Gasteiger partial charge in [0.15, 0.2) is 5.69 Å². The van der Waals surface area contributed by atoms with E-state index in [1.165, 1.54) is 0 Å². The summed E-state index contributed by atoms with van der Waals surface area (Å²) in [5.74, 6) is -0.0551. The molecule has 1 atom stereocenters. The minimum atomic E-state index is -0.0551. The van der Waals surface area contributed by atoms with E-state index in [2.05, 4.69) is 20.5 Å². The van der Waals surface area contributed by atoms with Gasteiger partial charge in [-0.15, -0.1) is 0 Å². The Morgan fingerprint density at radius 3 is 2.90 bits per heavy atom. The van der Waals surface area contributed by atoms with E-state index in [4.69, 9.17) is 0 Å². The quantitative estimate of drug-likeness (QED) is 0.891. The van der Waals surface area contributed by atoms with Gasteiger partial charge in [0, 0.05) is 50.2 Å². The van der Waals surface area contributed by atoms with E-state index in [9.17, 15) is 4.79 Å². The number of aromatic amines is 1. The number of aromatic nitrogens is 3. The van der Waals surface area contributed by atoms with Crippen molar-refractivity contribution in [3.63, 3.8) is 0 Å². The summed E-state index contributed by atoms with van der Waals surface area (Å²) in [6.45, 7) is 3.63. The summed E-state index contributed by atoms with van der Waals surface area (Å²) >= 11 is 0. The van der Waals surface area contributed by atoms with Crippen LogP contribution in [0.25, 0.3) is 0 Å². The van der Waals surface area contributed by atoms with Gasteiger partial charge in [-0.25, -0.2) is 0 Å². The Labute approximate surface area is 123 Å². The van der Waals surface area contributed by atoms with Crippen molar-refractivity contribution in [3.05, 3.63) is 47.0 Å². The van der Waals surface area contributed by atoms with Crippen LogP contribution in [-0.4, -0.2) is 39.6 Å². The van der Waals surface area contributed by atoms with Crippen LogP contribution < -0.4 is 5.32 Å². The maximum Gasteiger partial charge on any atom is 0.274 e. The first kappa shape index (κ1) is 13.8. The minimum Gasteiger partial charge on any atom is -0.334 e. The highest BCUT2D eigenvalue weighted by Crippen LogP contribution is 2.22. The van der Waals surface area contributed by atoms with Crippen LogP contribution in [0.4, 0.5) is 0 Å². The van der Waals surface area contributed by atoms with E-state index in [1.54, 1.807) is 17.3 Å². The molecule has 0 aromatic carbocycles. The zero-order valence-corrected chi connectivity index (χ0v) is 12.3. The summed E-state index contributed by atoms with van der Waals surface area (Å²) in [5.41, 5.74) is 3.66. The summed E-state index contributed by atoms with van der Waals surface area (Å²) in [4.78, 5) is 18.4. The highest BCUT2D eigenvalue weighted by atomic mass is 16.2.